The number of hydrogen-bond donors (Lipinski definition) is 2. The molecule has 1 unspecified atom stereocenters. The molecule has 3 heterocycles. The van der Waals surface area contributed by atoms with Crippen molar-refractivity contribution in [2.75, 3.05) is 25.4 Å². The number of nitrogens with one attached hydrogen (secondary N) is 1. The first-order chi connectivity index (χ1) is 16.4. The van der Waals surface area contributed by atoms with Gasteiger partial charge in [0.25, 0.3) is 0 Å². The number of piperidine rings is 1. The summed E-state index contributed by atoms with van der Waals surface area (Å²) in [7, 11) is -3.59. The summed E-state index contributed by atoms with van der Waals surface area (Å²) in [6, 6.07) is 8.07. The second-order valence-electron chi connectivity index (χ2n) is 7.80. The first-order valence-electron chi connectivity index (χ1n) is 10.8. The molecule has 1 fully saturated rings. The van der Waals surface area contributed by atoms with Gasteiger partial charge in [-0.1, -0.05) is 30.7 Å². The predicted molar refractivity (Wildman–Crippen MR) is 128 cm³/mol. The van der Waals surface area contributed by atoms with Gasteiger partial charge >= 0.3 is 0 Å². The summed E-state index contributed by atoms with van der Waals surface area (Å²) in [5.41, 5.74) is 7.08. The van der Waals surface area contributed by atoms with Crippen molar-refractivity contribution in [2.24, 2.45) is 0 Å². The van der Waals surface area contributed by atoms with Crippen molar-refractivity contribution < 1.29 is 13.2 Å². The van der Waals surface area contributed by atoms with Crippen LogP contribution in [0.1, 0.15) is 31.0 Å². The molecule has 11 heteroatoms. The molecule has 0 spiro atoms. The highest BCUT2D eigenvalue weighted by atomic mass is 32.2. The van der Waals surface area contributed by atoms with E-state index in [4.69, 9.17) is 5.73 Å². The van der Waals surface area contributed by atoms with Gasteiger partial charge in [-0.2, -0.15) is 5.10 Å². The molecule has 1 aliphatic rings. The summed E-state index contributed by atoms with van der Waals surface area (Å²) in [5, 5.41) is 5.19. The van der Waals surface area contributed by atoms with Crippen LogP contribution in [0.2, 0.25) is 0 Å². The fraction of sp³-hybridized carbons (Fsp3) is 0.304. The number of fused-ring (bicyclic) bond motifs is 1. The Morgan fingerprint density at radius 1 is 1.29 bits per heavy atom. The minimum Gasteiger partial charge on any atom is -0.383 e. The molecule has 4 rings (SSSR count). The molecule has 1 saturated heterocycles. The van der Waals surface area contributed by atoms with E-state index in [2.05, 4.69) is 38.2 Å². The van der Waals surface area contributed by atoms with Gasteiger partial charge in [-0.05, 0) is 37.0 Å². The summed E-state index contributed by atoms with van der Waals surface area (Å²) < 4.78 is 28.9. The average Bonchev–Trinajstić information content (AvgIpc) is 3.24. The molecule has 0 saturated carbocycles. The number of rotatable bonds is 6. The van der Waals surface area contributed by atoms with E-state index in [1.807, 2.05) is 0 Å². The Bertz CT molecular complexity index is 1370. The summed E-state index contributed by atoms with van der Waals surface area (Å²) in [6.07, 6.45) is 4.62. The lowest BCUT2D eigenvalue weighted by Gasteiger charge is -2.32. The molecule has 0 radical (unpaired) electrons. The van der Waals surface area contributed by atoms with Crippen LogP contribution in [0.15, 0.2) is 54.2 Å². The fourth-order valence-electron chi connectivity index (χ4n) is 3.90. The minimum absolute atomic E-state index is 0.0808. The van der Waals surface area contributed by atoms with E-state index in [9.17, 15) is 13.2 Å². The lowest BCUT2D eigenvalue weighted by molar-refractivity contribution is -0.127. The molecule has 3 aromatic rings. The van der Waals surface area contributed by atoms with Crippen molar-refractivity contribution in [2.45, 2.75) is 30.2 Å². The van der Waals surface area contributed by atoms with Crippen molar-refractivity contribution in [1.82, 2.24) is 29.4 Å². The number of nitrogens with two attached hydrogens (primary N) is 1. The van der Waals surface area contributed by atoms with Gasteiger partial charge in [-0.15, -0.1) is 0 Å². The van der Waals surface area contributed by atoms with Gasteiger partial charge in [0.1, 0.15) is 17.8 Å². The lowest BCUT2D eigenvalue weighted by Crippen LogP contribution is -2.40. The Balaban J connectivity index is 1.52. The van der Waals surface area contributed by atoms with Crippen molar-refractivity contribution in [3.8, 4) is 11.8 Å². The van der Waals surface area contributed by atoms with Crippen molar-refractivity contribution in [3.05, 3.63) is 55.0 Å². The molecule has 0 bridgehead atoms. The van der Waals surface area contributed by atoms with Crippen LogP contribution in [-0.2, 0) is 14.8 Å². The molecule has 10 nitrogen and oxygen atoms in total. The molecule has 3 N–H and O–H groups in total. The number of nitrogens with zero attached hydrogens (tertiary/aromatic N) is 5. The van der Waals surface area contributed by atoms with E-state index in [0.29, 0.717) is 29.8 Å². The van der Waals surface area contributed by atoms with Gasteiger partial charge in [0.2, 0.25) is 15.9 Å². The molecular weight excluding hydrogens is 454 g/mol. The summed E-state index contributed by atoms with van der Waals surface area (Å²) >= 11 is 0. The van der Waals surface area contributed by atoms with Crippen LogP contribution >= 0.6 is 0 Å². The van der Waals surface area contributed by atoms with E-state index in [1.54, 1.807) is 27.8 Å². The number of nitrogen functional groups attached to an aromatic ring is 1. The molecule has 1 aliphatic heterocycles. The zero-order chi connectivity index (χ0) is 24.1. The van der Waals surface area contributed by atoms with Crippen LogP contribution in [-0.4, -0.2) is 58.6 Å². The van der Waals surface area contributed by atoms with E-state index in [1.165, 1.54) is 24.5 Å². The van der Waals surface area contributed by atoms with Gasteiger partial charge in [0, 0.05) is 26.1 Å². The maximum Gasteiger partial charge on any atom is 0.246 e. The SMILES string of the molecule is C=CC(=O)N1CCCC(n2nc(C#CCCNS(=O)(=O)c3ccccc3)c3c(N)ncnc32)C1. The highest BCUT2D eigenvalue weighted by Crippen LogP contribution is 2.28. The van der Waals surface area contributed by atoms with Gasteiger partial charge < -0.3 is 10.6 Å². The standard InChI is InChI=1S/C23H25N7O3S/c1-2-20(31)29-14-8-9-17(15-29)30-23-21(22(24)25-16-26-23)19(28-30)12-6-7-13-27-34(32,33)18-10-4-3-5-11-18/h2-5,10-11,16-17,27H,1,7-9,13-15H2,(H2,24,25,26). The number of anilines is 1. The molecule has 0 aliphatic carbocycles. The van der Waals surface area contributed by atoms with E-state index in [0.717, 1.165) is 12.8 Å². The largest absolute Gasteiger partial charge is 0.383 e. The summed E-state index contributed by atoms with van der Waals surface area (Å²) in [4.78, 5) is 22.5. The molecule has 2 aromatic heterocycles. The molecule has 1 amide bonds. The minimum atomic E-state index is -3.59. The van der Waals surface area contributed by atoms with Gasteiger partial charge in [0.15, 0.2) is 5.65 Å². The second-order valence-corrected chi connectivity index (χ2v) is 9.56. The monoisotopic (exact) mass is 479 g/mol. The number of carbonyl (C=O) groups is 1. The Kier molecular flexibility index (Phi) is 6.90. The number of aromatic nitrogens is 4. The second kappa shape index (κ2) is 10.0. The first-order valence-corrected chi connectivity index (χ1v) is 12.3. The third-order valence-electron chi connectivity index (χ3n) is 5.55. The highest BCUT2D eigenvalue weighted by molar-refractivity contribution is 7.89. The normalized spacial score (nSPS) is 16.1. The molecule has 34 heavy (non-hydrogen) atoms. The predicted octanol–water partition coefficient (Wildman–Crippen LogP) is 1.48. The van der Waals surface area contributed by atoms with Gasteiger partial charge in [-0.25, -0.2) is 27.8 Å². The van der Waals surface area contributed by atoms with E-state index in [-0.39, 0.29) is 35.6 Å². The van der Waals surface area contributed by atoms with Crippen LogP contribution in [0, 0.1) is 11.8 Å². The van der Waals surface area contributed by atoms with Gasteiger partial charge in [-0.3, -0.25) is 4.79 Å². The Labute approximate surface area is 197 Å². The smallest absolute Gasteiger partial charge is 0.246 e. The Hall–Kier alpha value is -3.75. The van der Waals surface area contributed by atoms with Crippen LogP contribution in [0.4, 0.5) is 5.82 Å². The number of amides is 1. The summed E-state index contributed by atoms with van der Waals surface area (Å²) in [6.45, 7) is 4.87. The molecule has 176 valence electrons. The van der Waals surface area contributed by atoms with Crippen LogP contribution in [0.5, 0.6) is 0 Å². The zero-order valence-corrected chi connectivity index (χ0v) is 19.3. The Morgan fingerprint density at radius 3 is 2.85 bits per heavy atom. The van der Waals surface area contributed by atoms with Crippen LogP contribution < -0.4 is 10.5 Å². The van der Waals surface area contributed by atoms with Crippen LogP contribution in [0.3, 0.4) is 0 Å². The van der Waals surface area contributed by atoms with Crippen molar-refractivity contribution in [1.29, 1.82) is 0 Å². The van der Waals surface area contributed by atoms with Gasteiger partial charge in [0.05, 0.1) is 16.3 Å². The number of sulfonamides is 1. The van der Waals surface area contributed by atoms with E-state index >= 15 is 0 Å². The van der Waals surface area contributed by atoms with Crippen molar-refractivity contribution >= 4 is 32.8 Å². The lowest BCUT2D eigenvalue weighted by atomic mass is 10.1. The van der Waals surface area contributed by atoms with Crippen LogP contribution in [0.25, 0.3) is 11.0 Å². The fourth-order valence-corrected chi connectivity index (χ4v) is 4.95. The maximum atomic E-state index is 12.3. The maximum absolute atomic E-state index is 12.3. The number of benzene rings is 1. The summed E-state index contributed by atoms with van der Waals surface area (Å²) in [5.74, 6) is 6.09. The molecule has 1 atom stereocenters. The third-order valence-corrected chi connectivity index (χ3v) is 7.03. The average molecular weight is 480 g/mol. The quantitative estimate of drug-likeness (QED) is 0.310. The molecular formula is C23H25N7O3S. The zero-order valence-electron chi connectivity index (χ0n) is 18.5. The number of likely N-dealkylation sites (tertiary alicyclic amines) is 1. The first kappa shape index (κ1) is 23.4. The highest BCUT2D eigenvalue weighted by Gasteiger charge is 2.27. The van der Waals surface area contributed by atoms with E-state index < -0.39 is 10.0 Å². The number of carbonyl (C=O) groups excluding carboxylic acids is 1. The topological polar surface area (TPSA) is 136 Å². The Morgan fingerprint density at radius 2 is 2.09 bits per heavy atom. The molecule has 1 aromatic carbocycles. The van der Waals surface area contributed by atoms with Crippen molar-refractivity contribution in [3.63, 3.8) is 0 Å². The number of hydrogen-bond acceptors (Lipinski definition) is 7. The third kappa shape index (κ3) is 4.93.